The first kappa shape index (κ1) is 15.0. The number of pyridine rings is 1. The van der Waals surface area contributed by atoms with Crippen LogP contribution in [-0.2, 0) is 4.74 Å². The Morgan fingerprint density at radius 2 is 2.00 bits per heavy atom. The molecule has 0 spiro atoms. The highest BCUT2D eigenvalue weighted by Gasteiger charge is 2.21. The van der Waals surface area contributed by atoms with E-state index in [4.69, 9.17) is 4.74 Å². The predicted molar refractivity (Wildman–Crippen MR) is 88.3 cm³/mol. The molecule has 1 aliphatic rings. The van der Waals surface area contributed by atoms with Gasteiger partial charge in [0, 0.05) is 5.39 Å². The lowest BCUT2D eigenvalue weighted by Gasteiger charge is -2.24. The Bertz CT molecular complexity index is 687. The maximum Gasteiger partial charge on any atom is 0.356 e. The van der Waals surface area contributed by atoms with Crippen LogP contribution in [0.2, 0.25) is 0 Å². The highest BCUT2D eigenvalue weighted by molar-refractivity contribution is 5.93. The van der Waals surface area contributed by atoms with Gasteiger partial charge in [0.25, 0.3) is 0 Å². The van der Waals surface area contributed by atoms with Crippen LogP contribution < -0.4 is 0 Å². The predicted octanol–water partition coefficient (Wildman–Crippen LogP) is 4.77. The summed E-state index contributed by atoms with van der Waals surface area (Å²) in [6.45, 7) is 4.30. The number of carbonyl (C=O) groups is 1. The number of nitrogens with zero attached hydrogens (tertiary/aromatic N) is 1. The number of benzene rings is 1. The largest absolute Gasteiger partial charge is 0.461 e. The molecule has 3 nitrogen and oxygen atoms in total. The van der Waals surface area contributed by atoms with Gasteiger partial charge in [0.2, 0.25) is 0 Å². The zero-order valence-corrected chi connectivity index (χ0v) is 13.4. The number of hydrogen-bond acceptors (Lipinski definition) is 3. The lowest BCUT2D eigenvalue weighted by Crippen LogP contribution is -2.11. The molecule has 1 saturated carbocycles. The van der Waals surface area contributed by atoms with Gasteiger partial charge in [0.05, 0.1) is 12.1 Å². The van der Waals surface area contributed by atoms with Crippen LogP contribution in [-0.4, -0.2) is 17.6 Å². The van der Waals surface area contributed by atoms with Gasteiger partial charge in [0.15, 0.2) is 0 Å². The number of rotatable bonds is 3. The Morgan fingerprint density at radius 1 is 1.23 bits per heavy atom. The Morgan fingerprint density at radius 3 is 2.73 bits per heavy atom. The second kappa shape index (κ2) is 6.47. The second-order valence-electron chi connectivity index (χ2n) is 6.17. The molecule has 1 heterocycles. The summed E-state index contributed by atoms with van der Waals surface area (Å²) in [6.07, 6.45) is 6.28. The van der Waals surface area contributed by atoms with Crippen LogP contribution in [0, 0.1) is 6.92 Å². The first-order valence-electron chi connectivity index (χ1n) is 8.27. The Labute approximate surface area is 131 Å². The zero-order valence-electron chi connectivity index (χ0n) is 13.4. The van der Waals surface area contributed by atoms with E-state index in [-0.39, 0.29) is 5.97 Å². The van der Waals surface area contributed by atoms with E-state index in [1.807, 2.05) is 19.1 Å². The average Bonchev–Trinajstić information content (AvgIpc) is 2.55. The van der Waals surface area contributed by atoms with Crippen LogP contribution in [0.5, 0.6) is 0 Å². The van der Waals surface area contributed by atoms with Crippen molar-refractivity contribution in [3.63, 3.8) is 0 Å². The maximum atomic E-state index is 12.1. The van der Waals surface area contributed by atoms with Crippen molar-refractivity contribution in [2.75, 3.05) is 6.61 Å². The third-order valence-electron chi connectivity index (χ3n) is 4.53. The number of hydrogen-bond donors (Lipinski definition) is 0. The van der Waals surface area contributed by atoms with E-state index in [0.29, 0.717) is 18.2 Å². The lowest BCUT2D eigenvalue weighted by atomic mass is 9.82. The van der Waals surface area contributed by atoms with Gasteiger partial charge in [-0.25, -0.2) is 9.78 Å². The van der Waals surface area contributed by atoms with Crippen LogP contribution in [0.15, 0.2) is 24.3 Å². The Kier molecular flexibility index (Phi) is 4.41. The quantitative estimate of drug-likeness (QED) is 0.766. The van der Waals surface area contributed by atoms with Crippen LogP contribution in [0.1, 0.15) is 66.6 Å². The smallest absolute Gasteiger partial charge is 0.356 e. The third-order valence-corrected chi connectivity index (χ3v) is 4.53. The molecule has 0 saturated heterocycles. The van der Waals surface area contributed by atoms with E-state index >= 15 is 0 Å². The number of ether oxygens (including phenoxy) is 1. The van der Waals surface area contributed by atoms with Crippen LogP contribution in [0.4, 0.5) is 0 Å². The van der Waals surface area contributed by atoms with Crippen molar-refractivity contribution in [2.24, 2.45) is 0 Å². The highest BCUT2D eigenvalue weighted by atomic mass is 16.5. The fraction of sp³-hybridized carbons (Fsp3) is 0.474. The molecular weight excluding hydrogens is 274 g/mol. The van der Waals surface area contributed by atoms with Gasteiger partial charge in [-0.3, -0.25) is 0 Å². The third kappa shape index (κ3) is 2.99. The topological polar surface area (TPSA) is 39.2 Å². The number of esters is 1. The molecule has 0 N–H and O–H groups in total. The minimum atomic E-state index is -0.318. The number of fused-ring (bicyclic) bond motifs is 1. The normalized spacial score (nSPS) is 15.9. The molecule has 0 unspecified atom stereocenters. The minimum Gasteiger partial charge on any atom is -0.461 e. The molecule has 0 amide bonds. The van der Waals surface area contributed by atoms with Crippen molar-refractivity contribution < 1.29 is 9.53 Å². The summed E-state index contributed by atoms with van der Waals surface area (Å²) in [4.78, 5) is 16.6. The summed E-state index contributed by atoms with van der Waals surface area (Å²) in [6, 6.07) is 8.23. The fourth-order valence-corrected chi connectivity index (χ4v) is 3.43. The SMILES string of the molecule is CCOC(=O)c1cc(C2CCCCC2)c2cc(C)ccc2n1. The Balaban J connectivity index is 2.12. The van der Waals surface area contributed by atoms with E-state index < -0.39 is 0 Å². The molecule has 1 aromatic heterocycles. The second-order valence-corrected chi connectivity index (χ2v) is 6.17. The van der Waals surface area contributed by atoms with E-state index in [0.717, 1.165) is 5.52 Å². The van der Waals surface area contributed by atoms with Crippen molar-refractivity contribution in [2.45, 2.75) is 51.9 Å². The Hall–Kier alpha value is -1.90. The van der Waals surface area contributed by atoms with Crippen molar-refractivity contribution in [1.82, 2.24) is 4.98 Å². The van der Waals surface area contributed by atoms with Crippen molar-refractivity contribution in [3.05, 3.63) is 41.1 Å². The van der Waals surface area contributed by atoms with Gasteiger partial charge < -0.3 is 4.74 Å². The zero-order chi connectivity index (χ0) is 15.5. The van der Waals surface area contributed by atoms with Gasteiger partial charge in [-0.15, -0.1) is 0 Å². The van der Waals surface area contributed by atoms with E-state index in [1.54, 1.807) is 0 Å². The van der Waals surface area contributed by atoms with Crippen LogP contribution in [0.25, 0.3) is 10.9 Å². The summed E-state index contributed by atoms with van der Waals surface area (Å²) < 4.78 is 5.14. The van der Waals surface area contributed by atoms with E-state index in [1.165, 1.54) is 48.6 Å². The number of carbonyl (C=O) groups excluding carboxylic acids is 1. The summed E-state index contributed by atoms with van der Waals surface area (Å²) in [5.41, 5.74) is 3.85. The molecule has 0 atom stereocenters. The molecular formula is C19H23NO2. The summed E-state index contributed by atoms with van der Waals surface area (Å²) >= 11 is 0. The monoisotopic (exact) mass is 297 g/mol. The molecule has 1 aromatic carbocycles. The molecule has 3 heteroatoms. The van der Waals surface area contributed by atoms with E-state index in [9.17, 15) is 4.79 Å². The molecule has 1 aliphatic carbocycles. The van der Waals surface area contributed by atoms with Crippen molar-refractivity contribution in [1.29, 1.82) is 0 Å². The molecule has 22 heavy (non-hydrogen) atoms. The lowest BCUT2D eigenvalue weighted by molar-refractivity contribution is 0.0520. The number of aromatic nitrogens is 1. The first-order chi connectivity index (χ1) is 10.7. The van der Waals surface area contributed by atoms with Crippen molar-refractivity contribution >= 4 is 16.9 Å². The molecule has 0 aliphatic heterocycles. The van der Waals surface area contributed by atoms with Crippen molar-refractivity contribution in [3.8, 4) is 0 Å². The van der Waals surface area contributed by atoms with Crippen LogP contribution in [0.3, 0.4) is 0 Å². The standard InChI is InChI=1S/C19H23NO2/c1-3-22-19(21)18-12-15(14-7-5-4-6-8-14)16-11-13(2)9-10-17(16)20-18/h9-12,14H,3-8H2,1-2H3. The summed E-state index contributed by atoms with van der Waals surface area (Å²) in [5.74, 6) is 0.219. The summed E-state index contributed by atoms with van der Waals surface area (Å²) in [5, 5.41) is 1.19. The van der Waals surface area contributed by atoms with Gasteiger partial charge in [-0.1, -0.05) is 30.9 Å². The first-order valence-corrected chi connectivity index (χ1v) is 8.27. The highest BCUT2D eigenvalue weighted by Crippen LogP contribution is 2.36. The summed E-state index contributed by atoms with van der Waals surface area (Å²) in [7, 11) is 0. The molecule has 3 rings (SSSR count). The average molecular weight is 297 g/mol. The number of aryl methyl sites for hydroxylation is 1. The van der Waals surface area contributed by atoms with Gasteiger partial charge >= 0.3 is 5.97 Å². The maximum absolute atomic E-state index is 12.1. The molecule has 0 bridgehead atoms. The van der Waals surface area contributed by atoms with Gasteiger partial charge in [-0.2, -0.15) is 0 Å². The molecule has 2 aromatic rings. The van der Waals surface area contributed by atoms with Crippen LogP contribution >= 0.6 is 0 Å². The molecule has 0 radical (unpaired) electrons. The minimum absolute atomic E-state index is 0.318. The fourth-order valence-electron chi connectivity index (χ4n) is 3.43. The molecule has 116 valence electrons. The van der Waals surface area contributed by atoms with Gasteiger partial charge in [-0.05, 0) is 56.4 Å². The molecule has 1 fully saturated rings. The van der Waals surface area contributed by atoms with Gasteiger partial charge in [0.1, 0.15) is 5.69 Å². The van der Waals surface area contributed by atoms with E-state index in [2.05, 4.69) is 24.0 Å².